The van der Waals surface area contributed by atoms with Crippen molar-refractivity contribution >= 4 is 10.0 Å². The number of aryl methyl sites for hydroxylation is 2. The number of aromatic nitrogens is 1. The fraction of sp³-hybridized carbons (Fsp3) is 0.211. The summed E-state index contributed by atoms with van der Waals surface area (Å²) in [7, 11) is -3.76. The van der Waals surface area contributed by atoms with E-state index in [1.807, 2.05) is 0 Å². The van der Waals surface area contributed by atoms with Crippen molar-refractivity contribution in [1.29, 1.82) is 0 Å². The monoisotopic (exact) mass is 392 g/mol. The second kappa shape index (κ2) is 7.58. The van der Waals surface area contributed by atoms with Gasteiger partial charge < -0.3 is 4.42 Å². The highest BCUT2D eigenvalue weighted by atomic mass is 32.2. The highest BCUT2D eigenvalue weighted by Crippen LogP contribution is 2.22. The van der Waals surface area contributed by atoms with Crippen LogP contribution in [0, 0.1) is 25.5 Å². The predicted molar refractivity (Wildman–Crippen MR) is 96.7 cm³/mol. The van der Waals surface area contributed by atoms with Crippen LogP contribution in [0.15, 0.2) is 51.8 Å². The normalized spacial score (nSPS) is 11.7. The standard InChI is InChI=1S/C19H18F2N2O3S/c1-12-11-16(21)7-8-18(12)27(24,25)22-10-9-17-13(2)26-19(23-17)14-3-5-15(20)6-4-14/h3-8,11,22H,9-10H2,1-2H3. The fourth-order valence-corrected chi connectivity index (χ4v) is 3.93. The molecule has 0 unspecified atom stereocenters. The molecule has 142 valence electrons. The Hall–Kier alpha value is -2.58. The van der Waals surface area contributed by atoms with E-state index in [9.17, 15) is 17.2 Å². The van der Waals surface area contributed by atoms with Crippen molar-refractivity contribution in [3.63, 3.8) is 0 Å². The Labute approximate surface area is 156 Å². The first-order valence-corrected chi connectivity index (χ1v) is 9.72. The number of hydrogen-bond donors (Lipinski definition) is 1. The van der Waals surface area contributed by atoms with Crippen molar-refractivity contribution < 1.29 is 21.6 Å². The van der Waals surface area contributed by atoms with Gasteiger partial charge in [0.05, 0.1) is 10.6 Å². The van der Waals surface area contributed by atoms with Crippen LogP contribution in [0.1, 0.15) is 17.0 Å². The molecule has 0 spiro atoms. The second-order valence-corrected chi connectivity index (χ2v) is 7.82. The molecule has 0 bridgehead atoms. The fourth-order valence-electron chi connectivity index (χ4n) is 2.67. The molecule has 1 heterocycles. The molecule has 0 radical (unpaired) electrons. The summed E-state index contributed by atoms with van der Waals surface area (Å²) in [6.45, 7) is 3.37. The molecule has 0 aliphatic rings. The molecule has 3 aromatic rings. The second-order valence-electron chi connectivity index (χ2n) is 6.09. The van der Waals surface area contributed by atoms with E-state index < -0.39 is 15.8 Å². The predicted octanol–water partition coefficient (Wildman–Crippen LogP) is 3.76. The molecule has 3 rings (SSSR count). The topological polar surface area (TPSA) is 72.2 Å². The highest BCUT2D eigenvalue weighted by molar-refractivity contribution is 7.89. The Morgan fingerprint density at radius 3 is 2.37 bits per heavy atom. The molecule has 1 aromatic heterocycles. The third kappa shape index (κ3) is 4.40. The van der Waals surface area contributed by atoms with Crippen molar-refractivity contribution in [3.05, 3.63) is 71.1 Å². The van der Waals surface area contributed by atoms with Crippen LogP contribution in [-0.2, 0) is 16.4 Å². The minimum atomic E-state index is -3.76. The van der Waals surface area contributed by atoms with Crippen LogP contribution in [0.2, 0.25) is 0 Å². The van der Waals surface area contributed by atoms with Gasteiger partial charge >= 0.3 is 0 Å². The molecule has 0 aliphatic heterocycles. The first-order chi connectivity index (χ1) is 12.8. The summed E-state index contributed by atoms with van der Waals surface area (Å²) in [4.78, 5) is 4.39. The van der Waals surface area contributed by atoms with Crippen molar-refractivity contribution in [1.82, 2.24) is 9.71 Å². The molecule has 0 saturated heterocycles. The van der Waals surface area contributed by atoms with Crippen LogP contribution >= 0.6 is 0 Å². The third-order valence-corrected chi connectivity index (χ3v) is 5.69. The summed E-state index contributed by atoms with van der Waals surface area (Å²) in [5.74, 6) is 0.0666. The average molecular weight is 392 g/mol. The van der Waals surface area contributed by atoms with Gasteiger partial charge in [0.2, 0.25) is 15.9 Å². The first kappa shape index (κ1) is 19.2. The SMILES string of the molecule is Cc1cc(F)ccc1S(=O)(=O)NCCc1nc(-c2ccc(F)cc2)oc1C. The first-order valence-electron chi connectivity index (χ1n) is 8.24. The number of nitrogens with one attached hydrogen (secondary N) is 1. The van der Waals surface area contributed by atoms with E-state index in [1.54, 1.807) is 19.1 Å². The lowest BCUT2D eigenvalue weighted by Gasteiger charge is -2.08. The van der Waals surface area contributed by atoms with E-state index in [2.05, 4.69) is 9.71 Å². The van der Waals surface area contributed by atoms with Crippen molar-refractivity contribution in [2.75, 3.05) is 6.54 Å². The number of halogens is 2. The van der Waals surface area contributed by atoms with Gasteiger partial charge in [-0.2, -0.15) is 0 Å². The summed E-state index contributed by atoms with van der Waals surface area (Å²) < 4.78 is 59.0. The summed E-state index contributed by atoms with van der Waals surface area (Å²) >= 11 is 0. The zero-order chi connectivity index (χ0) is 19.6. The van der Waals surface area contributed by atoms with E-state index in [4.69, 9.17) is 4.42 Å². The summed E-state index contributed by atoms with van der Waals surface area (Å²) in [5, 5.41) is 0. The molecule has 1 N–H and O–H groups in total. The maximum Gasteiger partial charge on any atom is 0.240 e. The Balaban J connectivity index is 1.69. The lowest BCUT2D eigenvalue weighted by Crippen LogP contribution is -2.26. The molecule has 0 amide bonds. The van der Waals surface area contributed by atoms with Crippen LogP contribution in [0.3, 0.4) is 0 Å². The van der Waals surface area contributed by atoms with Gasteiger partial charge in [-0.1, -0.05) is 0 Å². The summed E-state index contributed by atoms with van der Waals surface area (Å²) in [6, 6.07) is 9.26. The number of rotatable bonds is 6. The number of oxazole rings is 1. The van der Waals surface area contributed by atoms with Crippen molar-refractivity contribution in [2.45, 2.75) is 25.2 Å². The van der Waals surface area contributed by atoms with Gasteiger partial charge in [-0.15, -0.1) is 0 Å². The Bertz CT molecular complexity index is 1060. The molecule has 5 nitrogen and oxygen atoms in total. The molecule has 2 aromatic carbocycles. The highest BCUT2D eigenvalue weighted by Gasteiger charge is 2.18. The molecular formula is C19H18F2N2O3S. The molecule has 27 heavy (non-hydrogen) atoms. The Kier molecular flexibility index (Phi) is 5.38. The van der Waals surface area contributed by atoms with Gasteiger partial charge in [-0.05, 0) is 61.9 Å². The number of nitrogens with zero attached hydrogens (tertiary/aromatic N) is 1. The van der Waals surface area contributed by atoms with Gasteiger partial charge in [0.15, 0.2) is 0 Å². The average Bonchev–Trinajstić information content (AvgIpc) is 2.96. The number of hydrogen-bond acceptors (Lipinski definition) is 4. The van der Waals surface area contributed by atoms with E-state index in [0.717, 1.165) is 6.07 Å². The lowest BCUT2D eigenvalue weighted by molar-refractivity contribution is 0.538. The summed E-state index contributed by atoms with van der Waals surface area (Å²) in [6.07, 6.45) is 0.315. The van der Waals surface area contributed by atoms with Gasteiger partial charge in [0.1, 0.15) is 17.4 Å². The Morgan fingerprint density at radius 2 is 1.70 bits per heavy atom. The smallest absolute Gasteiger partial charge is 0.240 e. The zero-order valence-electron chi connectivity index (χ0n) is 14.8. The number of benzene rings is 2. The minimum Gasteiger partial charge on any atom is -0.441 e. The van der Waals surface area contributed by atoms with Crippen molar-refractivity contribution in [2.24, 2.45) is 0 Å². The van der Waals surface area contributed by atoms with Crippen LogP contribution in [0.4, 0.5) is 8.78 Å². The third-order valence-electron chi connectivity index (χ3n) is 4.06. The summed E-state index contributed by atoms with van der Waals surface area (Å²) in [5.41, 5.74) is 1.57. The van der Waals surface area contributed by atoms with Crippen LogP contribution < -0.4 is 4.72 Å². The van der Waals surface area contributed by atoms with Crippen molar-refractivity contribution in [3.8, 4) is 11.5 Å². The molecule has 0 saturated carbocycles. The van der Waals surface area contributed by atoms with E-state index in [1.165, 1.54) is 31.2 Å². The quantitative estimate of drug-likeness (QED) is 0.693. The molecule has 0 atom stereocenters. The Morgan fingerprint density at radius 1 is 1.04 bits per heavy atom. The largest absolute Gasteiger partial charge is 0.441 e. The van der Waals surface area contributed by atoms with E-state index in [-0.39, 0.29) is 17.3 Å². The molecule has 8 heteroatoms. The lowest BCUT2D eigenvalue weighted by atomic mass is 10.2. The van der Waals surface area contributed by atoms with Gasteiger partial charge in [-0.3, -0.25) is 0 Å². The molecular weight excluding hydrogens is 374 g/mol. The molecule has 0 aliphatic carbocycles. The van der Waals surface area contributed by atoms with E-state index in [0.29, 0.717) is 34.9 Å². The van der Waals surface area contributed by atoms with Gasteiger partial charge in [0.25, 0.3) is 0 Å². The van der Waals surface area contributed by atoms with E-state index >= 15 is 0 Å². The maximum absolute atomic E-state index is 13.2. The minimum absolute atomic E-state index is 0.0350. The molecule has 0 fully saturated rings. The van der Waals surface area contributed by atoms with Crippen LogP contribution in [0.25, 0.3) is 11.5 Å². The zero-order valence-corrected chi connectivity index (χ0v) is 15.6. The number of sulfonamides is 1. The van der Waals surface area contributed by atoms with Gasteiger partial charge in [0, 0.05) is 18.5 Å². The van der Waals surface area contributed by atoms with Crippen LogP contribution in [0.5, 0.6) is 0 Å². The van der Waals surface area contributed by atoms with Gasteiger partial charge in [-0.25, -0.2) is 26.9 Å². The van der Waals surface area contributed by atoms with Crippen LogP contribution in [-0.4, -0.2) is 19.9 Å². The maximum atomic E-state index is 13.2.